The summed E-state index contributed by atoms with van der Waals surface area (Å²) in [5.41, 5.74) is 0. The average Bonchev–Trinajstić information content (AvgIpc) is 3.24. The van der Waals surface area contributed by atoms with Crippen molar-refractivity contribution in [3.05, 3.63) is 97.2 Å². The van der Waals surface area contributed by atoms with Crippen molar-refractivity contribution in [3.63, 3.8) is 0 Å². The number of carbonyl (C=O) groups excluding carboxylic acids is 3. The highest BCUT2D eigenvalue weighted by Gasteiger charge is 2.19. The van der Waals surface area contributed by atoms with E-state index in [1.54, 1.807) is 0 Å². The molecular weight excluding hydrogens is 745 g/mol. The molecule has 0 aliphatic carbocycles. The number of esters is 3. The van der Waals surface area contributed by atoms with Gasteiger partial charge in [0.1, 0.15) is 13.2 Å². The zero-order valence-electron chi connectivity index (χ0n) is 38.7. The molecule has 0 aliphatic heterocycles. The van der Waals surface area contributed by atoms with E-state index in [1.165, 1.54) is 83.5 Å². The van der Waals surface area contributed by atoms with Crippen LogP contribution in [0.1, 0.15) is 207 Å². The molecule has 1 atom stereocenters. The monoisotopic (exact) mass is 833 g/mol. The molecule has 0 spiro atoms. The normalized spacial score (nSPS) is 12.9. The van der Waals surface area contributed by atoms with E-state index in [0.29, 0.717) is 19.3 Å². The first-order valence-corrected chi connectivity index (χ1v) is 24.3. The van der Waals surface area contributed by atoms with E-state index >= 15 is 0 Å². The van der Waals surface area contributed by atoms with E-state index in [4.69, 9.17) is 14.2 Å². The van der Waals surface area contributed by atoms with Crippen LogP contribution in [0.5, 0.6) is 0 Å². The summed E-state index contributed by atoms with van der Waals surface area (Å²) in [6, 6.07) is 0. The van der Waals surface area contributed by atoms with E-state index in [1.807, 2.05) is 60.8 Å². The van der Waals surface area contributed by atoms with Crippen LogP contribution in [-0.4, -0.2) is 37.2 Å². The second-order valence-electron chi connectivity index (χ2n) is 15.8. The van der Waals surface area contributed by atoms with Gasteiger partial charge < -0.3 is 14.2 Å². The van der Waals surface area contributed by atoms with Crippen LogP contribution in [0.15, 0.2) is 97.2 Å². The van der Waals surface area contributed by atoms with E-state index in [-0.39, 0.29) is 37.5 Å². The first-order chi connectivity index (χ1) is 29.5. The number of rotatable bonds is 42. The van der Waals surface area contributed by atoms with Gasteiger partial charge in [0, 0.05) is 19.3 Å². The fourth-order valence-electron chi connectivity index (χ4n) is 6.41. The Hall–Kier alpha value is -3.67. The van der Waals surface area contributed by atoms with Crippen molar-refractivity contribution in [2.45, 2.75) is 213 Å². The molecule has 0 aromatic carbocycles. The molecule has 60 heavy (non-hydrogen) atoms. The number of carbonyl (C=O) groups is 3. The van der Waals surface area contributed by atoms with Gasteiger partial charge in [-0.25, -0.2) is 0 Å². The molecule has 340 valence electrons. The average molecular weight is 833 g/mol. The van der Waals surface area contributed by atoms with Crippen LogP contribution in [0.4, 0.5) is 0 Å². The summed E-state index contributed by atoms with van der Waals surface area (Å²) < 4.78 is 16.7. The molecule has 0 amide bonds. The van der Waals surface area contributed by atoms with Gasteiger partial charge in [0.15, 0.2) is 6.10 Å². The van der Waals surface area contributed by atoms with Crippen molar-refractivity contribution in [1.29, 1.82) is 0 Å². The maximum atomic E-state index is 12.7. The molecule has 0 aromatic rings. The number of allylic oxidation sites excluding steroid dienone is 16. The highest BCUT2D eigenvalue weighted by Crippen LogP contribution is 2.15. The van der Waals surface area contributed by atoms with Crippen molar-refractivity contribution in [2.24, 2.45) is 0 Å². The van der Waals surface area contributed by atoms with Gasteiger partial charge in [0.05, 0.1) is 0 Å². The molecule has 0 saturated heterocycles. The Morgan fingerprint density at radius 3 is 1.07 bits per heavy atom. The highest BCUT2D eigenvalue weighted by molar-refractivity contribution is 5.71. The summed E-state index contributed by atoms with van der Waals surface area (Å²) in [5.74, 6) is -1.01. The van der Waals surface area contributed by atoms with Crippen LogP contribution in [-0.2, 0) is 28.6 Å². The zero-order chi connectivity index (χ0) is 43.7. The van der Waals surface area contributed by atoms with Gasteiger partial charge in [-0.15, -0.1) is 0 Å². The predicted octanol–water partition coefficient (Wildman–Crippen LogP) is 15.8. The van der Waals surface area contributed by atoms with Crippen LogP contribution in [0.25, 0.3) is 0 Å². The quantitative estimate of drug-likeness (QED) is 0.0264. The molecule has 0 heterocycles. The van der Waals surface area contributed by atoms with Crippen molar-refractivity contribution >= 4 is 17.9 Å². The third kappa shape index (κ3) is 45.4. The molecule has 0 fully saturated rings. The maximum Gasteiger partial charge on any atom is 0.306 e. The summed E-state index contributed by atoms with van der Waals surface area (Å²) in [5, 5.41) is 0. The Morgan fingerprint density at radius 1 is 0.350 bits per heavy atom. The lowest BCUT2D eigenvalue weighted by molar-refractivity contribution is -0.167. The third-order valence-electron chi connectivity index (χ3n) is 10.0. The minimum atomic E-state index is -0.821. The lowest BCUT2D eigenvalue weighted by Crippen LogP contribution is -2.30. The molecular formula is C54H88O6. The minimum absolute atomic E-state index is 0.112. The third-order valence-corrected chi connectivity index (χ3v) is 10.0. The molecule has 0 saturated carbocycles. The molecule has 6 heteroatoms. The number of ether oxygens (including phenoxy) is 3. The summed E-state index contributed by atoms with van der Waals surface area (Å²) in [6.07, 6.45) is 62.6. The van der Waals surface area contributed by atoms with E-state index in [2.05, 4.69) is 57.2 Å². The van der Waals surface area contributed by atoms with Crippen LogP contribution in [0.2, 0.25) is 0 Å². The Kier molecular flexibility index (Phi) is 45.1. The first-order valence-electron chi connectivity index (χ1n) is 24.3. The van der Waals surface area contributed by atoms with Gasteiger partial charge in [-0.1, -0.05) is 234 Å². The van der Waals surface area contributed by atoms with E-state index < -0.39 is 6.10 Å². The lowest BCUT2D eigenvalue weighted by Gasteiger charge is -2.18. The standard InChI is InChI=1S/C54H88O6/c1-4-7-10-13-16-19-22-25-26-27-30-32-35-38-41-44-47-53(56)59-50-51(60-54(57)48-45-42-39-36-33-29-24-21-18-15-12-9-6-3)49-58-52(55)46-43-40-37-34-31-28-23-20-17-14-11-8-5-2/h8-9,11-12,14-15,17-18,20-21,23-24,29,33,36,39,51H,4-7,10,13,16,19,22,25-28,30-32,34-35,37-38,40-50H2,1-3H3/b11-8-,12-9-,17-14-,18-15-,23-20-,24-21-,33-29-,39-36-. The summed E-state index contributed by atoms with van der Waals surface area (Å²) in [7, 11) is 0. The number of unbranched alkanes of at least 4 members (excludes halogenated alkanes) is 21. The topological polar surface area (TPSA) is 78.9 Å². The van der Waals surface area contributed by atoms with E-state index in [9.17, 15) is 14.4 Å². The van der Waals surface area contributed by atoms with Gasteiger partial charge in [-0.2, -0.15) is 0 Å². The Balaban J connectivity index is 4.49. The Morgan fingerprint density at radius 2 is 0.667 bits per heavy atom. The van der Waals surface area contributed by atoms with Crippen LogP contribution in [0.3, 0.4) is 0 Å². The fourth-order valence-corrected chi connectivity index (χ4v) is 6.41. The van der Waals surface area contributed by atoms with Gasteiger partial charge >= 0.3 is 17.9 Å². The Labute approximate surface area is 368 Å². The second-order valence-corrected chi connectivity index (χ2v) is 15.8. The van der Waals surface area contributed by atoms with Crippen molar-refractivity contribution in [3.8, 4) is 0 Å². The van der Waals surface area contributed by atoms with Crippen molar-refractivity contribution in [2.75, 3.05) is 13.2 Å². The summed E-state index contributed by atoms with van der Waals surface area (Å²) in [4.78, 5) is 37.8. The van der Waals surface area contributed by atoms with E-state index in [0.717, 1.165) is 77.0 Å². The van der Waals surface area contributed by atoms with Gasteiger partial charge in [0.2, 0.25) is 0 Å². The van der Waals surface area contributed by atoms with Crippen LogP contribution in [0, 0.1) is 0 Å². The number of hydrogen-bond acceptors (Lipinski definition) is 6. The Bertz CT molecular complexity index is 1230. The second kappa shape index (κ2) is 48.0. The smallest absolute Gasteiger partial charge is 0.306 e. The molecule has 0 aliphatic rings. The van der Waals surface area contributed by atoms with Gasteiger partial charge in [0.25, 0.3) is 0 Å². The molecule has 0 radical (unpaired) electrons. The molecule has 0 rings (SSSR count). The maximum absolute atomic E-state index is 12.7. The zero-order valence-corrected chi connectivity index (χ0v) is 38.7. The summed E-state index contributed by atoms with van der Waals surface area (Å²) in [6.45, 7) is 6.27. The highest BCUT2D eigenvalue weighted by atomic mass is 16.6. The van der Waals surface area contributed by atoms with Gasteiger partial charge in [-0.05, 0) is 51.4 Å². The number of hydrogen-bond donors (Lipinski definition) is 0. The van der Waals surface area contributed by atoms with Crippen molar-refractivity contribution < 1.29 is 28.6 Å². The van der Waals surface area contributed by atoms with Crippen LogP contribution < -0.4 is 0 Å². The van der Waals surface area contributed by atoms with Gasteiger partial charge in [-0.3, -0.25) is 14.4 Å². The molecule has 0 bridgehead atoms. The largest absolute Gasteiger partial charge is 0.462 e. The molecule has 0 N–H and O–H groups in total. The molecule has 6 nitrogen and oxygen atoms in total. The minimum Gasteiger partial charge on any atom is -0.462 e. The summed E-state index contributed by atoms with van der Waals surface area (Å²) >= 11 is 0. The SMILES string of the molecule is CC\C=C/C=C\C=C/C=C\C=C/CCCC(=O)OC(COC(=O)CCCCCCC\C=C/C=C\C=C/CC)COC(=O)CCCCCCCCCCCCCCCCCC. The lowest BCUT2D eigenvalue weighted by atomic mass is 10.0. The van der Waals surface area contributed by atoms with Crippen molar-refractivity contribution in [1.82, 2.24) is 0 Å². The fraction of sp³-hybridized carbons (Fsp3) is 0.648. The molecule has 1 unspecified atom stereocenters. The van der Waals surface area contributed by atoms with Crippen LogP contribution >= 0.6 is 0 Å². The predicted molar refractivity (Wildman–Crippen MR) is 256 cm³/mol. The first kappa shape index (κ1) is 56.3. The molecule has 0 aromatic heterocycles.